The molecular weight excluding hydrogens is 212 g/mol. The van der Waals surface area contributed by atoms with Crippen LogP contribution in [0.4, 0.5) is 4.79 Å². The van der Waals surface area contributed by atoms with Crippen molar-refractivity contribution in [2.75, 3.05) is 6.61 Å². The topological polar surface area (TPSA) is 98.7 Å². The molecule has 0 heterocycles. The number of aliphatic carboxylic acids is 1. The molecule has 16 heavy (non-hydrogen) atoms. The number of hydrogen-bond donors (Lipinski definition) is 4. The number of aliphatic hydroxyl groups excluding tert-OH is 1. The van der Waals surface area contributed by atoms with Crippen LogP contribution in [0.2, 0.25) is 0 Å². The smallest absolute Gasteiger partial charge is 0.326 e. The lowest BCUT2D eigenvalue weighted by Crippen LogP contribution is -2.52. The molecular formula is C10H20N2O4. The predicted octanol–water partition coefficient (Wildman–Crippen LogP) is 0.310. The molecule has 0 aliphatic rings. The maximum Gasteiger partial charge on any atom is 0.326 e. The lowest BCUT2D eigenvalue weighted by atomic mass is 10.0. The molecule has 0 aliphatic carbocycles. The van der Waals surface area contributed by atoms with Crippen LogP contribution in [0.25, 0.3) is 0 Å². The molecule has 0 saturated carbocycles. The minimum absolute atomic E-state index is 0.00466. The van der Waals surface area contributed by atoms with E-state index in [0.29, 0.717) is 0 Å². The number of nitrogens with one attached hydrogen (secondary N) is 2. The molecule has 0 aromatic heterocycles. The summed E-state index contributed by atoms with van der Waals surface area (Å²) in [5.74, 6) is -1.15. The minimum Gasteiger partial charge on any atom is -0.480 e. The Morgan fingerprint density at radius 1 is 1.38 bits per heavy atom. The molecule has 6 nitrogen and oxygen atoms in total. The second-order valence-corrected chi connectivity index (χ2v) is 4.24. The molecule has 0 radical (unpaired) electrons. The highest BCUT2D eigenvalue weighted by Crippen LogP contribution is 2.06. The SMILES string of the molecule is CCC(C)(C)NC(=O)NC(CCO)C(=O)O. The van der Waals surface area contributed by atoms with Crippen molar-refractivity contribution in [3.8, 4) is 0 Å². The molecule has 0 spiro atoms. The third-order valence-corrected chi connectivity index (χ3v) is 2.36. The van der Waals surface area contributed by atoms with E-state index >= 15 is 0 Å². The summed E-state index contributed by atoms with van der Waals surface area (Å²) in [6.07, 6.45) is 0.730. The van der Waals surface area contributed by atoms with Crippen molar-refractivity contribution < 1.29 is 19.8 Å². The lowest BCUT2D eigenvalue weighted by Gasteiger charge is -2.25. The molecule has 4 N–H and O–H groups in total. The minimum atomic E-state index is -1.15. The van der Waals surface area contributed by atoms with Crippen LogP contribution in [0.1, 0.15) is 33.6 Å². The van der Waals surface area contributed by atoms with Gasteiger partial charge in [-0.15, -0.1) is 0 Å². The zero-order valence-corrected chi connectivity index (χ0v) is 9.91. The van der Waals surface area contributed by atoms with E-state index in [9.17, 15) is 9.59 Å². The van der Waals surface area contributed by atoms with Gasteiger partial charge in [-0.3, -0.25) is 0 Å². The van der Waals surface area contributed by atoms with Gasteiger partial charge < -0.3 is 20.8 Å². The van der Waals surface area contributed by atoms with E-state index < -0.39 is 18.0 Å². The van der Waals surface area contributed by atoms with Crippen molar-refractivity contribution in [2.24, 2.45) is 0 Å². The molecule has 1 atom stereocenters. The molecule has 1 unspecified atom stereocenters. The molecule has 0 aromatic rings. The molecule has 94 valence electrons. The first kappa shape index (κ1) is 14.7. The summed E-state index contributed by atoms with van der Waals surface area (Å²) in [5.41, 5.74) is -0.383. The monoisotopic (exact) mass is 232 g/mol. The summed E-state index contributed by atoms with van der Waals surface area (Å²) in [7, 11) is 0. The molecule has 0 aromatic carbocycles. The number of amides is 2. The van der Waals surface area contributed by atoms with Crippen LogP contribution in [0.15, 0.2) is 0 Å². The zero-order valence-electron chi connectivity index (χ0n) is 9.91. The Hall–Kier alpha value is -1.30. The first-order valence-corrected chi connectivity index (χ1v) is 5.24. The van der Waals surface area contributed by atoms with Crippen LogP contribution in [0.3, 0.4) is 0 Å². The highest BCUT2D eigenvalue weighted by Gasteiger charge is 2.23. The molecule has 6 heteroatoms. The van der Waals surface area contributed by atoms with Gasteiger partial charge in [-0.05, 0) is 20.3 Å². The number of carbonyl (C=O) groups is 2. The number of rotatable bonds is 6. The average molecular weight is 232 g/mol. The quantitative estimate of drug-likeness (QED) is 0.529. The molecule has 2 amide bonds. The third kappa shape index (κ3) is 5.55. The Morgan fingerprint density at radius 2 is 1.94 bits per heavy atom. The van der Waals surface area contributed by atoms with Crippen molar-refractivity contribution in [3.05, 3.63) is 0 Å². The number of carboxylic acids is 1. The van der Waals surface area contributed by atoms with Crippen LogP contribution in [-0.2, 0) is 4.79 Å². The van der Waals surface area contributed by atoms with Crippen LogP contribution in [0.5, 0.6) is 0 Å². The Morgan fingerprint density at radius 3 is 2.31 bits per heavy atom. The van der Waals surface area contributed by atoms with Crippen molar-refractivity contribution in [3.63, 3.8) is 0 Å². The normalized spacial score (nSPS) is 13.0. The van der Waals surface area contributed by atoms with E-state index in [0.717, 1.165) is 6.42 Å². The van der Waals surface area contributed by atoms with Gasteiger partial charge in [0, 0.05) is 18.6 Å². The van der Waals surface area contributed by atoms with E-state index in [1.807, 2.05) is 20.8 Å². The van der Waals surface area contributed by atoms with Gasteiger partial charge in [-0.25, -0.2) is 9.59 Å². The number of carboxylic acid groups (broad SMARTS) is 1. The van der Waals surface area contributed by atoms with Crippen molar-refractivity contribution in [1.82, 2.24) is 10.6 Å². The summed E-state index contributed by atoms with van der Waals surface area (Å²) >= 11 is 0. The first-order valence-electron chi connectivity index (χ1n) is 5.24. The second kappa shape index (κ2) is 6.32. The molecule has 0 fully saturated rings. The van der Waals surface area contributed by atoms with E-state index in [4.69, 9.17) is 10.2 Å². The van der Waals surface area contributed by atoms with E-state index in [2.05, 4.69) is 10.6 Å². The fourth-order valence-electron chi connectivity index (χ4n) is 0.977. The number of urea groups is 1. The highest BCUT2D eigenvalue weighted by atomic mass is 16.4. The predicted molar refractivity (Wildman–Crippen MR) is 59.2 cm³/mol. The largest absolute Gasteiger partial charge is 0.480 e. The molecule has 0 bridgehead atoms. The Balaban J connectivity index is 4.25. The van der Waals surface area contributed by atoms with Gasteiger partial charge in [0.05, 0.1) is 0 Å². The zero-order chi connectivity index (χ0) is 12.8. The Labute approximate surface area is 95.0 Å². The Bertz CT molecular complexity index is 253. The first-order chi connectivity index (χ1) is 7.32. The Kier molecular flexibility index (Phi) is 5.81. The molecule has 0 saturated heterocycles. The fourth-order valence-corrected chi connectivity index (χ4v) is 0.977. The average Bonchev–Trinajstić information content (AvgIpc) is 2.16. The summed E-state index contributed by atoms with van der Waals surface area (Å²) in [5, 5.41) is 22.4. The van der Waals surface area contributed by atoms with E-state index in [1.54, 1.807) is 0 Å². The number of carbonyl (C=O) groups excluding carboxylic acids is 1. The molecule has 0 rings (SSSR count). The lowest BCUT2D eigenvalue weighted by molar-refractivity contribution is -0.139. The number of hydrogen-bond acceptors (Lipinski definition) is 3. The maximum absolute atomic E-state index is 11.4. The van der Waals surface area contributed by atoms with Gasteiger partial charge in [0.25, 0.3) is 0 Å². The van der Waals surface area contributed by atoms with E-state index in [1.165, 1.54) is 0 Å². The van der Waals surface area contributed by atoms with Crippen LogP contribution < -0.4 is 10.6 Å². The van der Waals surface area contributed by atoms with Crippen molar-refractivity contribution in [2.45, 2.75) is 45.2 Å². The van der Waals surface area contributed by atoms with Crippen molar-refractivity contribution in [1.29, 1.82) is 0 Å². The second-order valence-electron chi connectivity index (χ2n) is 4.24. The standard InChI is InChI=1S/C10H20N2O4/c1-4-10(2,3)12-9(16)11-7(5-6-13)8(14)15/h7,13H,4-6H2,1-3H3,(H,14,15)(H2,11,12,16). The maximum atomic E-state index is 11.4. The van der Waals surface area contributed by atoms with Crippen LogP contribution in [-0.4, -0.2) is 40.4 Å². The van der Waals surface area contributed by atoms with Crippen LogP contribution in [0, 0.1) is 0 Å². The third-order valence-electron chi connectivity index (χ3n) is 2.36. The fraction of sp³-hybridized carbons (Fsp3) is 0.800. The number of aliphatic hydroxyl groups is 1. The van der Waals surface area contributed by atoms with Gasteiger partial charge in [-0.1, -0.05) is 6.92 Å². The summed E-state index contributed by atoms with van der Waals surface area (Å²) in [6, 6.07) is -1.59. The highest BCUT2D eigenvalue weighted by molar-refractivity contribution is 5.82. The van der Waals surface area contributed by atoms with Gasteiger partial charge >= 0.3 is 12.0 Å². The van der Waals surface area contributed by atoms with Gasteiger partial charge in [0.2, 0.25) is 0 Å². The summed E-state index contributed by atoms with van der Waals surface area (Å²) in [6.45, 7) is 5.32. The molecule has 0 aliphatic heterocycles. The van der Waals surface area contributed by atoms with Gasteiger partial charge in [-0.2, -0.15) is 0 Å². The van der Waals surface area contributed by atoms with Gasteiger partial charge in [0.1, 0.15) is 6.04 Å². The summed E-state index contributed by atoms with van der Waals surface area (Å²) < 4.78 is 0. The van der Waals surface area contributed by atoms with Gasteiger partial charge in [0.15, 0.2) is 0 Å². The van der Waals surface area contributed by atoms with Crippen LogP contribution >= 0.6 is 0 Å². The van der Waals surface area contributed by atoms with Crippen molar-refractivity contribution >= 4 is 12.0 Å². The summed E-state index contributed by atoms with van der Waals surface area (Å²) in [4.78, 5) is 22.1. The van der Waals surface area contributed by atoms with E-state index in [-0.39, 0.29) is 18.6 Å².